The molecule has 1 heterocycles. The van der Waals surface area contributed by atoms with Crippen LogP contribution in [0.2, 0.25) is 5.02 Å². The van der Waals surface area contributed by atoms with Crippen molar-refractivity contribution in [3.63, 3.8) is 0 Å². The number of benzene rings is 2. The van der Waals surface area contributed by atoms with Gasteiger partial charge < -0.3 is 15.0 Å². The molecule has 1 aliphatic rings. The second-order valence-electron chi connectivity index (χ2n) is 7.38. The first-order valence-electron chi connectivity index (χ1n) is 9.46. The van der Waals surface area contributed by atoms with Crippen LogP contribution in [0.3, 0.4) is 0 Å². The summed E-state index contributed by atoms with van der Waals surface area (Å²) < 4.78 is 15.6. The van der Waals surface area contributed by atoms with Gasteiger partial charge in [0.15, 0.2) is 0 Å². The number of halogens is 2. The summed E-state index contributed by atoms with van der Waals surface area (Å²) in [6.07, 6.45) is 2.15. The maximum absolute atomic E-state index is 13.9. The van der Waals surface area contributed by atoms with Crippen LogP contribution in [0.15, 0.2) is 42.5 Å². The number of amides is 1. The number of fused-ring (bicyclic) bond motifs is 3. The lowest BCUT2D eigenvalue weighted by atomic mass is 9.91. The van der Waals surface area contributed by atoms with Gasteiger partial charge in [-0.3, -0.25) is 9.59 Å². The normalized spacial score (nSPS) is 15.9. The van der Waals surface area contributed by atoms with Crippen molar-refractivity contribution in [3.05, 3.63) is 70.1 Å². The van der Waals surface area contributed by atoms with Crippen LogP contribution in [0.5, 0.6) is 0 Å². The third-order valence-electron chi connectivity index (χ3n) is 5.37. The molecule has 0 saturated carbocycles. The Bertz CT molecular complexity index is 1090. The second kappa shape index (κ2) is 7.87. The van der Waals surface area contributed by atoms with Crippen LogP contribution in [0, 0.1) is 5.82 Å². The molecule has 0 aliphatic heterocycles. The summed E-state index contributed by atoms with van der Waals surface area (Å²) in [5, 5.41) is 13.7. The van der Waals surface area contributed by atoms with E-state index in [1.807, 2.05) is 12.1 Å². The number of carbonyl (C=O) groups is 2. The van der Waals surface area contributed by atoms with E-state index in [4.69, 9.17) is 11.6 Å². The Morgan fingerprint density at radius 1 is 1.21 bits per heavy atom. The number of hydrogen-bond donors (Lipinski definition) is 2. The number of carboxylic acids is 1. The highest BCUT2D eigenvalue weighted by molar-refractivity contribution is 6.30. The van der Waals surface area contributed by atoms with Gasteiger partial charge in [-0.15, -0.1) is 0 Å². The van der Waals surface area contributed by atoms with Crippen molar-refractivity contribution in [2.24, 2.45) is 0 Å². The number of aliphatic carboxylic acids is 1. The van der Waals surface area contributed by atoms with E-state index in [0.29, 0.717) is 29.8 Å². The molecule has 1 amide bonds. The van der Waals surface area contributed by atoms with Gasteiger partial charge in [0.2, 0.25) is 5.91 Å². The monoisotopic (exact) mass is 414 g/mol. The van der Waals surface area contributed by atoms with Crippen LogP contribution in [0.4, 0.5) is 4.39 Å². The summed E-state index contributed by atoms with van der Waals surface area (Å²) in [5.41, 5.74) is 3.43. The molecule has 0 fully saturated rings. The SMILES string of the molecule is O=C(O)Cn1c2c(c3cc(F)ccc31)C[C@@H](NC(=O)Cc1ccc(Cl)cc1)CC2. The topological polar surface area (TPSA) is 71.3 Å². The molecule has 0 unspecified atom stereocenters. The minimum Gasteiger partial charge on any atom is -0.480 e. The molecule has 0 saturated heterocycles. The Balaban J connectivity index is 1.55. The van der Waals surface area contributed by atoms with Crippen molar-refractivity contribution in [2.45, 2.75) is 38.3 Å². The largest absolute Gasteiger partial charge is 0.480 e. The first-order chi connectivity index (χ1) is 13.9. The van der Waals surface area contributed by atoms with E-state index >= 15 is 0 Å². The molecule has 1 aromatic heterocycles. The summed E-state index contributed by atoms with van der Waals surface area (Å²) in [7, 11) is 0. The van der Waals surface area contributed by atoms with Gasteiger partial charge in [-0.05, 0) is 60.7 Å². The quantitative estimate of drug-likeness (QED) is 0.668. The van der Waals surface area contributed by atoms with Crippen molar-refractivity contribution in [1.82, 2.24) is 9.88 Å². The molecular weight excluding hydrogens is 395 g/mol. The van der Waals surface area contributed by atoms with Crippen LogP contribution in [-0.2, 0) is 35.4 Å². The first kappa shape index (κ1) is 19.5. The molecule has 7 heteroatoms. The number of nitrogens with one attached hydrogen (secondary N) is 1. The van der Waals surface area contributed by atoms with Gasteiger partial charge in [-0.2, -0.15) is 0 Å². The fourth-order valence-corrected chi connectivity index (χ4v) is 4.25. The summed E-state index contributed by atoms with van der Waals surface area (Å²) in [5.74, 6) is -1.38. The van der Waals surface area contributed by atoms with Crippen molar-refractivity contribution >= 4 is 34.4 Å². The van der Waals surface area contributed by atoms with Crippen LogP contribution >= 0.6 is 11.6 Å². The molecule has 1 aliphatic carbocycles. The minimum atomic E-state index is -0.938. The number of carbonyl (C=O) groups excluding carboxylic acids is 1. The molecule has 2 N–H and O–H groups in total. The fourth-order valence-electron chi connectivity index (χ4n) is 4.13. The Hall–Kier alpha value is -2.86. The lowest BCUT2D eigenvalue weighted by Gasteiger charge is -2.25. The summed E-state index contributed by atoms with van der Waals surface area (Å²) in [4.78, 5) is 23.8. The van der Waals surface area contributed by atoms with E-state index in [2.05, 4.69) is 5.32 Å². The number of aromatic nitrogens is 1. The fraction of sp³-hybridized carbons (Fsp3) is 0.273. The van der Waals surface area contributed by atoms with Crippen molar-refractivity contribution in [1.29, 1.82) is 0 Å². The van der Waals surface area contributed by atoms with E-state index in [0.717, 1.165) is 22.2 Å². The lowest BCUT2D eigenvalue weighted by Crippen LogP contribution is -2.39. The van der Waals surface area contributed by atoms with E-state index in [9.17, 15) is 19.1 Å². The second-order valence-corrected chi connectivity index (χ2v) is 7.81. The molecule has 0 spiro atoms. The molecule has 4 rings (SSSR count). The highest BCUT2D eigenvalue weighted by Gasteiger charge is 2.27. The number of rotatable bonds is 5. The maximum Gasteiger partial charge on any atom is 0.323 e. The Kier molecular flexibility index (Phi) is 5.28. The van der Waals surface area contributed by atoms with Gasteiger partial charge in [0.25, 0.3) is 0 Å². The highest BCUT2D eigenvalue weighted by Crippen LogP contribution is 2.33. The van der Waals surface area contributed by atoms with E-state index in [1.54, 1.807) is 22.8 Å². The highest BCUT2D eigenvalue weighted by atomic mass is 35.5. The van der Waals surface area contributed by atoms with Crippen molar-refractivity contribution in [3.8, 4) is 0 Å². The third kappa shape index (κ3) is 4.12. The number of carboxylic acid groups (broad SMARTS) is 1. The molecule has 1 atom stereocenters. The minimum absolute atomic E-state index is 0.0746. The number of nitrogens with zero attached hydrogens (tertiary/aromatic N) is 1. The third-order valence-corrected chi connectivity index (χ3v) is 5.62. The smallest absolute Gasteiger partial charge is 0.323 e. The summed E-state index contributed by atoms with van der Waals surface area (Å²) >= 11 is 5.88. The Morgan fingerprint density at radius 3 is 2.69 bits per heavy atom. The summed E-state index contributed by atoms with van der Waals surface area (Å²) in [6.45, 7) is -0.162. The van der Waals surface area contributed by atoms with E-state index < -0.39 is 5.97 Å². The zero-order valence-corrected chi connectivity index (χ0v) is 16.4. The van der Waals surface area contributed by atoms with Gasteiger partial charge >= 0.3 is 5.97 Å². The van der Waals surface area contributed by atoms with Gasteiger partial charge in [0, 0.05) is 27.7 Å². The van der Waals surface area contributed by atoms with Crippen LogP contribution in [0.25, 0.3) is 10.9 Å². The zero-order valence-electron chi connectivity index (χ0n) is 15.6. The lowest BCUT2D eigenvalue weighted by molar-refractivity contribution is -0.137. The van der Waals surface area contributed by atoms with Crippen molar-refractivity contribution in [2.75, 3.05) is 0 Å². The average molecular weight is 415 g/mol. The predicted molar refractivity (Wildman–Crippen MR) is 109 cm³/mol. The van der Waals surface area contributed by atoms with E-state index in [-0.39, 0.29) is 30.7 Å². The molecule has 5 nitrogen and oxygen atoms in total. The molecule has 0 radical (unpaired) electrons. The Morgan fingerprint density at radius 2 is 1.97 bits per heavy atom. The van der Waals surface area contributed by atoms with Crippen LogP contribution in [0.1, 0.15) is 23.2 Å². The van der Waals surface area contributed by atoms with Crippen LogP contribution in [-0.4, -0.2) is 27.6 Å². The average Bonchev–Trinajstić information content (AvgIpc) is 2.96. The Labute approximate surface area is 172 Å². The molecule has 150 valence electrons. The maximum atomic E-state index is 13.9. The molecule has 3 aromatic rings. The standard InChI is InChI=1S/C22H20ClFN2O3/c23-14-3-1-13(2-4-14)9-21(27)25-16-6-8-20-18(11-16)17-10-15(24)5-7-19(17)26(20)12-22(28)29/h1-5,7,10,16H,6,8-9,11-12H2,(H,25,27)(H,28,29)/t16-/m0/s1. The van der Waals surface area contributed by atoms with Gasteiger partial charge in [-0.25, -0.2) is 4.39 Å². The van der Waals surface area contributed by atoms with Gasteiger partial charge in [-0.1, -0.05) is 23.7 Å². The number of hydrogen-bond acceptors (Lipinski definition) is 2. The molecular formula is C22H20ClFN2O3. The summed E-state index contributed by atoms with van der Waals surface area (Å²) in [6, 6.07) is 11.5. The van der Waals surface area contributed by atoms with Gasteiger partial charge in [0.05, 0.1) is 6.42 Å². The molecule has 2 aromatic carbocycles. The molecule has 29 heavy (non-hydrogen) atoms. The van der Waals surface area contributed by atoms with E-state index in [1.165, 1.54) is 12.1 Å². The molecule has 0 bridgehead atoms. The van der Waals surface area contributed by atoms with Crippen molar-refractivity contribution < 1.29 is 19.1 Å². The first-order valence-corrected chi connectivity index (χ1v) is 9.83. The van der Waals surface area contributed by atoms with Crippen LogP contribution < -0.4 is 5.32 Å². The predicted octanol–water partition coefficient (Wildman–Crippen LogP) is 3.73. The van der Waals surface area contributed by atoms with Gasteiger partial charge in [0.1, 0.15) is 12.4 Å². The zero-order chi connectivity index (χ0) is 20.5.